The number of hydrogen-bond donors (Lipinski definition) is 2. The minimum Gasteiger partial charge on any atom is -0.379 e. The highest BCUT2D eigenvalue weighted by Gasteiger charge is 2.28. The van der Waals surface area contributed by atoms with Crippen LogP contribution < -0.4 is 10.6 Å². The summed E-state index contributed by atoms with van der Waals surface area (Å²) in [5.74, 6) is 0.878. The Bertz CT molecular complexity index is 192. The third-order valence-electron chi connectivity index (χ3n) is 3.76. The molecule has 0 spiro atoms. The van der Waals surface area contributed by atoms with E-state index in [1.165, 1.54) is 19.3 Å². The van der Waals surface area contributed by atoms with E-state index < -0.39 is 0 Å². The van der Waals surface area contributed by atoms with E-state index >= 15 is 0 Å². The molecule has 2 N–H and O–H groups in total. The van der Waals surface area contributed by atoms with E-state index in [0.29, 0.717) is 12.1 Å². The van der Waals surface area contributed by atoms with Crippen molar-refractivity contribution in [3.8, 4) is 0 Å². The summed E-state index contributed by atoms with van der Waals surface area (Å²) in [7, 11) is 0. The average molecular weight is 212 g/mol. The predicted molar refractivity (Wildman–Crippen MR) is 62.0 cm³/mol. The molecular weight excluding hydrogens is 188 g/mol. The summed E-state index contributed by atoms with van der Waals surface area (Å²) in [6.45, 7) is 7.40. The van der Waals surface area contributed by atoms with Crippen molar-refractivity contribution in [1.29, 1.82) is 0 Å². The van der Waals surface area contributed by atoms with Gasteiger partial charge >= 0.3 is 0 Å². The van der Waals surface area contributed by atoms with Crippen molar-refractivity contribution >= 4 is 0 Å². The molecule has 0 aromatic rings. The van der Waals surface area contributed by atoms with Crippen LogP contribution in [0.3, 0.4) is 0 Å². The second-order valence-electron chi connectivity index (χ2n) is 5.19. The quantitative estimate of drug-likeness (QED) is 0.733. The highest BCUT2D eigenvalue weighted by molar-refractivity contribution is 4.87. The van der Waals surface area contributed by atoms with Gasteiger partial charge in [-0.2, -0.15) is 0 Å². The fraction of sp³-hybridized carbons (Fsp3) is 1.00. The zero-order valence-corrected chi connectivity index (χ0v) is 9.96. The SMILES string of the molecule is CC(CC1COCCN1)NC1CCC1C. The van der Waals surface area contributed by atoms with Gasteiger partial charge in [-0.3, -0.25) is 0 Å². The first kappa shape index (κ1) is 11.4. The van der Waals surface area contributed by atoms with E-state index in [4.69, 9.17) is 4.74 Å². The van der Waals surface area contributed by atoms with Crippen molar-refractivity contribution in [1.82, 2.24) is 10.6 Å². The molecule has 0 aromatic carbocycles. The van der Waals surface area contributed by atoms with Gasteiger partial charge in [0.2, 0.25) is 0 Å². The summed E-state index contributed by atoms with van der Waals surface area (Å²) in [6, 6.07) is 1.93. The smallest absolute Gasteiger partial charge is 0.0620 e. The fourth-order valence-electron chi connectivity index (χ4n) is 2.55. The van der Waals surface area contributed by atoms with E-state index in [0.717, 1.165) is 31.7 Å². The second-order valence-corrected chi connectivity index (χ2v) is 5.19. The molecule has 0 radical (unpaired) electrons. The van der Waals surface area contributed by atoms with Gasteiger partial charge in [-0.1, -0.05) is 6.92 Å². The van der Waals surface area contributed by atoms with Crippen LogP contribution in [0, 0.1) is 5.92 Å². The Morgan fingerprint density at radius 1 is 1.47 bits per heavy atom. The monoisotopic (exact) mass is 212 g/mol. The number of morpholine rings is 1. The molecule has 88 valence electrons. The Morgan fingerprint density at radius 2 is 2.33 bits per heavy atom. The zero-order chi connectivity index (χ0) is 10.7. The number of nitrogens with one attached hydrogen (secondary N) is 2. The van der Waals surface area contributed by atoms with E-state index in [-0.39, 0.29) is 0 Å². The van der Waals surface area contributed by atoms with Gasteiger partial charge in [0.25, 0.3) is 0 Å². The van der Waals surface area contributed by atoms with Crippen LogP contribution in [0.2, 0.25) is 0 Å². The van der Waals surface area contributed by atoms with Gasteiger partial charge in [-0.05, 0) is 32.1 Å². The van der Waals surface area contributed by atoms with Gasteiger partial charge in [-0.15, -0.1) is 0 Å². The van der Waals surface area contributed by atoms with Gasteiger partial charge in [0.05, 0.1) is 13.2 Å². The molecule has 4 atom stereocenters. The minimum atomic E-state index is 0.552. The van der Waals surface area contributed by atoms with E-state index in [1.807, 2.05) is 0 Å². The summed E-state index contributed by atoms with van der Waals surface area (Å²) in [4.78, 5) is 0. The molecule has 1 aliphatic carbocycles. The Morgan fingerprint density at radius 3 is 2.87 bits per heavy atom. The Kier molecular flexibility index (Phi) is 4.00. The predicted octanol–water partition coefficient (Wildman–Crippen LogP) is 1.14. The molecule has 15 heavy (non-hydrogen) atoms. The molecule has 1 saturated heterocycles. The van der Waals surface area contributed by atoms with E-state index in [1.54, 1.807) is 0 Å². The van der Waals surface area contributed by atoms with E-state index in [2.05, 4.69) is 24.5 Å². The maximum atomic E-state index is 5.46. The molecular formula is C12H24N2O. The lowest BCUT2D eigenvalue weighted by Gasteiger charge is -2.38. The summed E-state index contributed by atoms with van der Waals surface area (Å²) in [6.07, 6.45) is 3.94. The molecule has 1 aliphatic heterocycles. The number of rotatable bonds is 4. The fourth-order valence-corrected chi connectivity index (χ4v) is 2.55. The molecule has 2 rings (SSSR count). The second kappa shape index (κ2) is 5.28. The molecule has 0 aromatic heterocycles. The Labute approximate surface area is 93.0 Å². The topological polar surface area (TPSA) is 33.3 Å². The molecule has 3 nitrogen and oxygen atoms in total. The largest absolute Gasteiger partial charge is 0.379 e. The van der Waals surface area contributed by atoms with Gasteiger partial charge in [0.1, 0.15) is 0 Å². The molecule has 4 unspecified atom stereocenters. The Hall–Kier alpha value is -0.120. The van der Waals surface area contributed by atoms with Crippen molar-refractivity contribution in [2.24, 2.45) is 5.92 Å². The van der Waals surface area contributed by atoms with E-state index in [9.17, 15) is 0 Å². The highest BCUT2D eigenvalue weighted by atomic mass is 16.5. The minimum absolute atomic E-state index is 0.552. The van der Waals surface area contributed by atoms with Crippen LogP contribution in [-0.4, -0.2) is 37.9 Å². The van der Waals surface area contributed by atoms with Crippen molar-refractivity contribution in [2.45, 2.75) is 51.2 Å². The molecule has 0 amide bonds. The first-order valence-corrected chi connectivity index (χ1v) is 6.33. The summed E-state index contributed by atoms with van der Waals surface area (Å²) in [5, 5.41) is 7.22. The lowest BCUT2D eigenvalue weighted by Crippen LogP contribution is -2.50. The van der Waals surface area contributed by atoms with Crippen LogP contribution in [0.25, 0.3) is 0 Å². The molecule has 2 fully saturated rings. The maximum absolute atomic E-state index is 5.46. The Balaban J connectivity index is 1.64. The number of ether oxygens (including phenoxy) is 1. The molecule has 0 bridgehead atoms. The number of hydrogen-bond acceptors (Lipinski definition) is 3. The first-order valence-electron chi connectivity index (χ1n) is 6.33. The molecule has 1 heterocycles. The molecule has 2 aliphatic rings. The third-order valence-corrected chi connectivity index (χ3v) is 3.76. The van der Waals surface area contributed by atoms with Crippen molar-refractivity contribution in [3.63, 3.8) is 0 Å². The average Bonchev–Trinajstić information content (AvgIpc) is 2.25. The van der Waals surface area contributed by atoms with Gasteiger partial charge in [-0.25, -0.2) is 0 Å². The summed E-state index contributed by atoms with van der Waals surface area (Å²) < 4.78 is 5.46. The van der Waals surface area contributed by atoms with Crippen molar-refractivity contribution in [2.75, 3.05) is 19.8 Å². The van der Waals surface area contributed by atoms with Crippen molar-refractivity contribution < 1.29 is 4.74 Å². The highest BCUT2D eigenvalue weighted by Crippen LogP contribution is 2.27. The molecule has 1 saturated carbocycles. The lowest BCUT2D eigenvalue weighted by molar-refractivity contribution is 0.0691. The zero-order valence-electron chi connectivity index (χ0n) is 9.96. The lowest BCUT2D eigenvalue weighted by atomic mass is 9.80. The van der Waals surface area contributed by atoms with Crippen LogP contribution in [-0.2, 0) is 4.74 Å². The third kappa shape index (κ3) is 3.16. The van der Waals surface area contributed by atoms with Crippen LogP contribution in [0.1, 0.15) is 33.1 Å². The standard InChI is InChI=1S/C12H24N2O/c1-9-3-4-12(9)14-10(2)7-11-8-15-6-5-13-11/h9-14H,3-8H2,1-2H3. The van der Waals surface area contributed by atoms with Crippen LogP contribution in [0.15, 0.2) is 0 Å². The van der Waals surface area contributed by atoms with Crippen LogP contribution >= 0.6 is 0 Å². The maximum Gasteiger partial charge on any atom is 0.0620 e. The first-order chi connectivity index (χ1) is 7.25. The summed E-state index contributed by atoms with van der Waals surface area (Å²) in [5.41, 5.74) is 0. The van der Waals surface area contributed by atoms with Gasteiger partial charge in [0, 0.05) is 24.7 Å². The van der Waals surface area contributed by atoms with Crippen LogP contribution in [0.5, 0.6) is 0 Å². The normalized spacial score (nSPS) is 38.4. The summed E-state index contributed by atoms with van der Waals surface area (Å²) >= 11 is 0. The van der Waals surface area contributed by atoms with Gasteiger partial charge in [0.15, 0.2) is 0 Å². The van der Waals surface area contributed by atoms with Gasteiger partial charge < -0.3 is 15.4 Å². The van der Waals surface area contributed by atoms with Crippen LogP contribution in [0.4, 0.5) is 0 Å². The van der Waals surface area contributed by atoms with Crippen molar-refractivity contribution in [3.05, 3.63) is 0 Å². The molecule has 3 heteroatoms.